The molecule has 0 radical (unpaired) electrons. The summed E-state index contributed by atoms with van der Waals surface area (Å²) < 4.78 is 4.67. The number of rotatable bonds is 9. The highest BCUT2D eigenvalue weighted by Crippen LogP contribution is 2.07. The van der Waals surface area contributed by atoms with Crippen LogP contribution in [-0.2, 0) is 16.1 Å². The fourth-order valence-corrected chi connectivity index (χ4v) is 3.00. The molecule has 0 heterocycles. The Kier molecular flexibility index (Phi) is 8.55. The summed E-state index contributed by atoms with van der Waals surface area (Å²) in [7, 11) is 1.33. The molecule has 0 aliphatic rings. The van der Waals surface area contributed by atoms with E-state index in [2.05, 4.69) is 15.4 Å². The van der Waals surface area contributed by atoms with Crippen molar-refractivity contribution in [1.29, 1.82) is 0 Å². The Hall–Kier alpha value is -2.80. The van der Waals surface area contributed by atoms with Gasteiger partial charge in [0, 0.05) is 12.1 Å². The van der Waals surface area contributed by atoms with E-state index in [1.54, 1.807) is 60.3 Å². The van der Waals surface area contributed by atoms with Gasteiger partial charge in [-0.15, -0.1) is 0 Å². The van der Waals surface area contributed by atoms with Crippen LogP contribution in [0.2, 0.25) is 0 Å². The Labute approximate surface area is 169 Å². The Morgan fingerprint density at radius 1 is 1.00 bits per heavy atom. The maximum absolute atomic E-state index is 12.6. The average molecular weight is 401 g/mol. The van der Waals surface area contributed by atoms with Crippen LogP contribution in [0.4, 0.5) is 0 Å². The van der Waals surface area contributed by atoms with Crippen molar-refractivity contribution in [3.8, 4) is 0 Å². The van der Waals surface area contributed by atoms with E-state index in [4.69, 9.17) is 0 Å². The predicted octanol–water partition coefficient (Wildman–Crippen LogP) is 2.64. The highest BCUT2D eigenvalue weighted by Gasteiger charge is 2.20. The van der Waals surface area contributed by atoms with Crippen LogP contribution in [0, 0.1) is 0 Å². The number of ether oxygens (including phenoxy) is 1. The van der Waals surface area contributed by atoms with Crippen molar-refractivity contribution in [2.24, 2.45) is 0 Å². The van der Waals surface area contributed by atoms with Crippen LogP contribution >= 0.6 is 11.8 Å². The molecule has 0 spiro atoms. The number of methoxy groups -OCH3 is 1. The summed E-state index contributed by atoms with van der Waals surface area (Å²) in [6, 6.07) is 15.0. The van der Waals surface area contributed by atoms with Gasteiger partial charge in [0.1, 0.15) is 6.04 Å². The van der Waals surface area contributed by atoms with Crippen LogP contribution in [0.5, 0.6) is 0 Å². The molecule has 0 fully saturated rings. The number of amides is 2. The van der Waals surface area contributed by atoms with E-state index < -0.39 is 12.0 Å². The van der Waals surface area contributed by atoms with Crippen LogP contribution in [0.3, 0.4) is 0 Å². The van der Waals surface area contributed by atoms with Gasteiger partial charge in [0.25, 0.3) is 5.91 Å². The first-order chi connectivity index (χ1) is 13.5. The van der Waals surface area contributed by atoms with E-state index in [1.165, 1.54) is 7.11 Å². The third-order valence-corrected chi connectivity index (χ3v) is 4.75. The standard InChI is InChI=1S/C21H24N2O4S/c1-27-21(26)17-10-8-15(9-11-17)14-22-20(25)18(12-13-28-2)23-19(24)16-6-4-3-5-7-16/h3-11,18H,12-14H2,1-2H3,(H,22,25)(H,23,24). The quantitative estimate of drug-likeness (QED) is 0.632. The highest BCUT2D eigenvalue weighted by molar-refractivity contribution is 7.98. The van der Waals surface area contributed by atoms with Gasteiger partial charge in [-0.25, -0.2) is 4.79 Å². The van der Waals surface area contributed by atoms with Crippen LogP contribution < -0.4 is 10.6 Å². The van der Waals surface area contributed by atoms with Crippen LogP contribution in [-0.4, -0.2) is 42.9 Å². The van der Waals surface area contributed by atoms with Crippen molar-refractivity contribution in [3.63, 3.8) is 0 Å². The van der Waals surface area contributed by atoms with E-state index in [1.807, 2.05) is 12.3 Å². The molecule has 2 aromatic carbocycles. The molecule has 0 saturated heterocycles. The van der Waals surface area contributed by atoms with Gasteiger partial charge in [0.05, 0.1) is 12.7 Å². The lowest BCUT2D eigenvalue weighted by Gasteiger charge is -2.18. The largest absolute Gasteiger partial charge is 0.465 e. The molecule has 7 heteroatoms. The number of benzene rings is 2. The minimum absolute atomic E-state index is 0.240. The van der Waals surface area contributed by atoms with Gasteiger partial charge in [-0.05, 0) is 48.3 Å². The minimum Gasteiger partial charge on any atom is -0.465 e. The Bertz CT molecular complexity index is 794. The molecular weight excluding hydrogens is 376 g/mol. The highest BCUT2D eigenvalue weighted by atomic mass is 32.2. The predicted molar refractivity (Wildman–Crippen MR) is 110 cm³/mol. The minimum atomic E-state index is -0.616. The van der Waals surface area contributed by atoms with Crippen molar-refractivity contribution in [2.75, 3.05) is 19.1 Å². The fourth-order valence-electron chi connectivity index (χ4n) is 2.52. The zero-order valence-corrected chi connectivity index (χ0v) is 16.8. The van der Waals surface area contributed by atoms with Crippen molar-refractivity contribution in [3.05, 3.63) is 71.3 Å². The zero-order chi connectivity index (χ0) is 20.4. The fraction of sp³-hybridized carbons (Fsp3) is 0.286. The third-order valence-electron chi connectivity index (χ3n) is 4.11. The molecule has 2 rings (SSSR count). The van der Waals surface area contributed by atoms with Gasteiger partial charge in [0.2, 0.25) is 5.91 Å². The number of hydrogen-bond donors (Lipinski definition) is 2. The summed E-state index contributed by atoms with van der Waals surface area (Å²) in [5, 5.41) is 5.66. The summed E-state index contributed by atoms with van der Waals surface area (Å²) >= 11 is 1.62. The second-order valence-electron chi connectivity index (χ2n) is 6.08. The number of hydrogen-bond acceptors (Lipinski definition) is 5. The molecule has 0 aromatic heterocycles. The van der Waals surface area contributed by atoms with Gasteiger partial charge in [-0.1, -0.05) is 30.3 Å². The molecular formula is C21H24N2O4S. The third kappa shape index (κ3) is 6.42. The summed E-state index contributed by atoms with van der Waals surface area (Å²) in [4.78, 5) is 36.5. The Balaban J connectivity index is 1.96. The molecule has 1 unspecified atom stereocenters. The lowest BCUT2D eigenvalue weighted by molar-refractivity contribution is -0.123. The molecule has 148 valence electrons. The molecule has 1 atom stereocenters. The molecule has 0 aliphatic carbocycles. The molecule has 0 bridgehead atoms. The summed E-state index contributed by atoms with van der Waals surface area (Å²) in [6.45, 7) is 0.303. The van der Waals surface area contributed by atoms with Gasteiger partial charge >= 0.3 is 5.97 Å². The van der Waals surface area contributed by atoms with Crippen molar-refractivity contribution >= 4 is 29.5 Å². The second-order valence-corrected chi connectivity index (χ2v) is 7.07. The average Bonchev–Trinajstić information content (AvgIpc) is 2.75. The molecule has 6 nitrogen and oxygen atoms in total. The molecule has 2 amide bonds. The number of thioether (sulfide) groups is 1. The topological polar surface area (TPSA) is 84.5 Å². The van der Waals surface area contributed by atoms with E-state index in [-0.39, 0.29) is 11.8 Å². The smallest absolute Gasteiger partial charge is 0.337 e. The lowest BCUT2D eigenvalue weighted by atomic mass is 10.1. The summed E-state index contributed by atoms with van der Waals surface area (Å²) in [5.41, 5.74) is 1.81. The van der Waals surface area contributed by atoms with Gasteiger partial charge < -0.3 is 15.4 Å². The van der Waals surface area contributed by atoms with Crippen LogP contribution in [0.15, 0.2) is 54.6 Å². The summed E-state index contributed by atoms with van der Waals surface area (Å²) in [5.74, 6) is -0.169. The first kappa shape index (κ1) is 21.5. The SMILES string of the molecule is COC(=O)c1ccc(CNC(=O)C(CCSC)NC(=O)c2ccccc2)cc1. The van der Waals surface area contributed by atoms with Gasteiger partial charge in [-0.2, -0.15) is 11.8 Å². The molecule has 2 aromatic rings. The number of carbonyl (C=O) groups is 3. The summed E-state index contributed by atoms with van der Waals surface area (Å²) in [6.07, 6.45) is 2.49. The van der Waals surface area contributed by atoms with Crippen molar-refractivity contribution < 1.29 is 19.1 Å². The first-order valence-electron chi connectivity index (χ1n) is 8.85. The maximum atomic E-state index is 12.6. The van der Waals surface area contributed by atoms with Crippen LogP contribution in [0.1, 0.15) is 32.7 Å². The van der Waals surface area contributed by atoms with Crippen molar-refractivity contribution in [2.45, 2.75) is 19.0 Å². The molecule has 0 aliphatic heterocycles. The molecule has 0 saturated carbocycles. The number of esters is 1. The first-order valence-corrected chi connectivity index (χ1v) is 10.2. The van der Waals surface area contributed by atoms with E-state index in [0.29, 0.717) is 24.1 Å². The molecule has 2 N–H and O–H groups in total. The molecule has 28 heavy (non-hydrogen) atoms. The number of nitrogens with one attached hydrogen (secondary N) is 2. The Morgan fingerprint density at radius 3 is 2.29 bits per heavy atom. The van der Waals surface area contributed by atoms with E-state index in [9.17, 15) is 14.4 Å². The van der Waals surface area contributed by atoms with Gasteiger partial charge in [0.15, 0.2) is 0 Å². The van der Waals surface area contributed by atoms with Crippen molar-refractivity contribution in [1.82, 2.24) is 10.6 Å². The monoisotopic (exact) mass is 400 g/mol. The zero-order valence-electron chi connectivity index (χ0n) is 15.9. The Morgan fingerprint density at radius 2 is 1.68 bits per heavy atom. The lowest BCUT2D eigenvalue weighted by Crippen LogP contribution is -2.46. The second kappa shape index (κ2) is 11.1. The van der Waals surface area contributed by atoms with Crippen LogP contribution in [0.25, 0.3) is 0 Å². The normalized spacial score (nSPS) is 11.4. The maximum Gasteiger partial charge on any atom is 0.337 e. The van der Waals surface area contributed by atoms with E-state index in [0.717, 1.165) is 11.3 Å². The van der Waals surface area contributed by atoms with E-state index >= 15 is 0 Å². The number of carbonyl (C=O) groups excluding carboxylic acids is 3. The van der Waals surface area contributed by atoms with Gasteiger partial charge in [-0.3, -0.25) is 9.59 Å².